The highest BCUT2D eigenvalue weighted by molar-refractivity contribution is 7.91. The average molecular weight is 351 g/mol. The van der Waals surface area contributed by atoms with Gasteiger partial charge in [0, 0.05) is 13.1 Å². The number of carbonyl (C=O) groups excluding carboxylic acids is 1. The molecule has 0 spiro atoms. The molecule has 21 heavy (non-hydrogen) atoms. The van der Waals surface area contributed by atoms with Gasteiger partial charge in [0.1, 0.15) is 10.3 Å². The predicted molar refractivity (Wildman–Crippen MR) is 84.1 cm³/mol. The van der Waals surface area contributed by atoms with Gasteiger partial charge in [-0.25, -0.2) is 8.42 Å². The topological polar surface area (TPSA) is 66.5 Å². The van der Waals surface area contributed by atoms with Crippen LogP contribution in [-0.4, -0.2) is 37.8 Å². The van der Waals surface area contributed by atoms with E-state index in [1.54, 1.807) is 6.07 Å². The number of amides is 1. The molecule has 5 nitrogen and oxygen atoms in total. The first-order valence-corrected chi connectivity index (χ1v) is 9.50. The largest absolute Gasteiger partial charge is 0.354 e. The lowest BCUT2D eigenvalue weighted by Crippen LogP contribution is -2.46. The first-order chi connectivity index (χ1) is 9.82. The maximum absolute atomic E-state index is 12.6. The number of hydrogen-bond donors (Lipinski definition) is 1. The molecule has 1 aliphatic heterocycles. The molecule has 0 aromatic carbocycles. The lowest BCUT2D eigenvalue weighted by atomic mass is 10.2. The van der Waals surface area contributed by atoms with Crippen molar-refractivity contribution in [2.75, 3.05) is 13.1 Å². The number of nitrogens with one attached hydrogen (secondary N) is 1. The van der Waals surface area contributed by atoms with Crippen molar-refractivity contribution in [3.05, 3.63) is 16.5 Å². The summed E-state index contributed by atoms with van der Waals surface area (Å²) in [5.41, 5.74) is 0. The minimum absolute atomic E-state index is 0.191. The number of rotatable bonds is 5. The normalized spacial score (nSPS) is 20.1. The lowest BCUT2D eigenvalue weighted by Gasteiger charge is -2.23. The van der Waals surface area contributed by atoms with Crippen LogP contribution in [0, 0.1) is 5.92 Å². The summed E-state index contributed by atoms with van der Waals surface area (Å²) < 4.78 is 27.1. The molecular formula is C13H19ClN2O3S2. The number of hydrogen-bond acceptors (Lipinski definition) is 4. The Morgan fingerprint density at radius 1 is 1.52 bits per heavy atom. The Kier molecular flexibility index (Phi) is 5.29. The van der Waals surface area contributed by atoms with Crippen molar-refractivity contribution in [2.45, 2.75) is 36.9 Å². The zero-order chi connectivity index (χ0) is 15.6. The summed E-state index contributed by atoms with van der Waals surface area (Å²) in [6.45, 7) is 4.92. The minimum atomic E-state index is -3.64. The minimum Gasteiger partial charge on any atom is -0.354 e. The number of sulfonamides is 1. The zero-order valence-corrected chi connectivity index (χ0v) is 14.4. The third-order valence-corrected chi connectivity index (χ3v) is 6.91. The Morgan fingerprint density at radius 3 is 2.81 bits per heavy atom. The maximum atomic E-state index is 12.6. The second kappa shape index (κ2) is 6.64. The van der Waals surface area contributed by atoms with Crippen molar-refractivity contribution >= 4 is 38.9 Å². The van der Waals surface area contributed by atoms with Gasteiger partial charge in [-0.1, -0.05) is 25.4 Å². The van der Waals surface area contributed by atoms with E-state index < -0.39 is 16.1 Å². The van der Waals surface area contributed by atoms with Crippen LogP contribution in [0.15, 0.2) is 16.3 Å². The fourth-order valence-electron chi connectivity index (χ4n) is 2.26. The summed E-state index contributed by atoms with van der Waals surface area (Å²) in [6, 6.07) is 2.43. The summed E-state index contributed by atoms with van der Waals surface area (Å²) in [5, 5.41) is 2.82. The maximum Gasteiger partial charge on any atom is 0.253 e. The summed E-state index contributed by atoms with van der Waals surface area (Å²) in [6.07, 6.45) is 1.25. The predicted octanol–water partition coefficient (Wildman–Crippen LogP) is 2.33. The van der Waals surface area contributed by atoms with E-state index in [9.17, 15) is 13.2 Å². The Morgan fingerprint density at radius 2 is 2.24 bits per heavy atom. The van der Waals surface area contributed by atoms with Gasteiger partial charge in [-0.05, 0) is 30.9 Å². The highest BCUT2D eigenvalue weighted by Gasteiger charge is 2.39. The van der Waals surface area contributed by atoms with Crippen LogP contribution in [0.5, 0.6) is 0 Å². The van der Waals surface area contributed by atoms with Crippen molar-refractivity contribution in [1.29, 1.82) is 0 Å². The van der Waals surface area contributed by atoms with E-state index in [1.165, 1.54) is 10.4 Å². The van der Waals surface area contributed by atoms with Crippen molar-refractivity contribution in [1.82, 2.24) is 9.62 Å². The Bertz CT molecular complexity index is 613. The van der Waals surface area contributed by atoms with Crippen LogP contribution in [0.25, 0.3) is 0 Å². The second-order valence-corrected chi connectivity index (χ2v) is 9.30. The fraction of sp³-hybridized carbons (Fsp3) is 0.615. The monoisotopic (exact) mass is 350 g/mol. The SMILES string of the molecule is CC(C)CNC(=O)C1CCCN1S(=O)(=O)c1ccc(Cl)s1. The zero-order valence-electron chi connectivity index (χ0n) is 12.0. The summed E-state index contributed by atoms with van der Waals surface area (Å²) in [7, 11) is -3.64. The van der Waals surface area contributed by atoms with Gasteiger partial charge in [-0.15, -0.1) is 11.3 Å². The molecule has 2 heterocycles. The van der Waals surface area contributed by atoms with Gasteiger partial charge in [0.15, 0.2) is 0 Å². The molecule has 0 aliphatic carbocycles. The molecule has 0 bridgehead atoms. The lowest BCUT2D eigenvalue weighted by molar-refractivity contribution is -0.124. The molecular weight excluding hydrogens is 332 g/mol. The molecule has 1 fully saturated rings. The van der Waals surface area contributed by atoms with Gasteiger partial charge in [0.25, 0.3) is 10.0 Å². The molecule has 118 valence electrons. The van der Waals surface area contributed by atoms with Gasteiger partial charge in [-0.2, -0.15) is 4.31 Å². The molecule has 1 saturated heterocycles. The summed E-state index contributed by atoms with van der Waals surface area (Å²) in [5.74, 6) is 0.115. The number of nitrogens with zero attached hydrogens (tertiary/aromatic N) is 1. The van der Waals surface area contributed by atoms with Crippen LogP contribution < -0.4 is 5.32 Å². The van der Waals surface area contributed by atoms with Gasteiger partial charge in [-0.3, -0.25) is 4.79 Å². The fourth-order valence-corrected chi connectivity index (χ4v) is 5.53. The van der Waals surface area contributed by atoms with Gasteiger partial charge < -0.3 is 5.32 Å². The molecule has 1 aliphatic rings. The number of carbonyl (C=O) groups is 1. The Hall–Kier alpha value is -0.630. The van der Waals surface area contributed by atoms with Crippen molar-refractivity contribution in [2.24, 2.45) is 5.92 Å². The van der Waals surface area contributed by atoms with Crippen LogP contribution in [0.2, 0.25) is 4.34 Å². The van der Waals surface area contributed by atoms with E-state index in [2.05, 4.69) is 5.32 Å². The first-order valence-electron chi connectivity index (χ1n) is 6.87. The third kappa shape index (κ3) is 3.77. The molecule has 8 heteroatoms. The first kappa shape index (κ1) is 16.7. The van der Waals surface area contributed by atoms with Crippen LogP contribution in [-0.2, 0) is 14.8 Å². The molecule has 1 aromatic rings. The molecule has 1 N–H and O–H groups in total. The molecule has 1 unspecified atom stereocenters. The van der Waals surface area contributed by atoms with E-state index in [4.69, 9.17) is 11.6 Å². The third-order valence-electron chi connectivity index (χ3n) is 3.30. The van der Waals surface area contributed by atoms with Gasteiger partial charge in [0.05, 0.1) is 4.34 Å². The van der Waals surface area contributed by atoms with E-state index >= 15 is 0 Å². The molecule has 1 amide bonds. The molecule has 2 rings (SSSR count). The van der Waals surface area contributed by atoms with Crippen LogP contribution in [0.1, 0.15) is 26.7 Å². The number of thiophene rings is 1. The Labute approximate surface area is 134 Å². The van der Waals surface area contributed by atoms with Gasteiger partial charge >= 0.3 is 0 Å². The summed E-state index contributed by atoms with van der Waals surface area (Å²) >= 11 is 6.83. The number of halogens is 1. The quantitative estimate of drug-likeness (QED) is 0.886. The molecule has 0 radical (unpaired) electrons. The van der Waals surface area contributed by atoms with Crippen molar-refractivity contribution < 1.29 is 13.2 Å². The van der Waals surface area contributed by atoms with E-state index in [0.29, 0.717) is 36.2 Å². The highest BCUT2D eigenvalue weighted by Crippen LogP contribution is 2.32. The highest BCUT2D eigenvalue weighted by atomic mass is 35.5. The van der Waals surface area contributed by atoms with Gasteiger partial charge in [0.2, 0.25) is 5.91 Å². The Balaban J connectivity index is 2.16. The van der Waals surface area contributed by atoms with Crippen LogP contribution in [0.3, 0.4) is 0 Å². The van der Waals surface area contributed by atoms with Crippen molar-refractivity contribution in [3.63, 3.8) is 0 Å². The van der Waals surface area contributed by atoms with E-state index in [1.807, 2.05) is 13.8 Å². The standard InChI is InChI=1S/C13H19ClN2O3S2/c1-9(2)8-15-13(17)10-4-3-7-16(10)21(18,19)12-6-5-11(14)20-12/h5-6,9-10H,3-4,7-8H2,1-2H3,(H,15,17). The second-order valence-electron chi connectivity index (χ2n) is 5.47. The van der Waals surface area contributed by atoms with Crippen LogP contribution >= 0.6 is 22.9 Å². The smallest absolute Gasteiger partial charge is 0.253 e. The van der Waals surface area contributed by atoms with Crippen LogP contribution in [0.4, 0.5) is 0 Å². The molecule has 1 aromatic heterocycles. The van der Waals surface area contributed by atoms with E-state index in [-0.39, 0.29) is 10.1 Å². The summed E-state index contributed by atoms with van der Waals surface area (Å²) in [4.78, 5) is 12.2. The molecule has 1 atom stereocenters. The molecule has 0 saturated carbocycles. The van der Waals surface area contributed by atoms with Crippen molar-refractivity contribution in [3.8, 4) is 0 Å². The average Bonchev–Trinajstić information content (AvgIpc) is 3.04. The van der Waals surface area contributed by atoms with E-state index in [0.717, 1.165) is 11.3 Å².